The molecule has 10 heteroatoms. The molecule has 0 saturated heterocycles. The number of amides is 1. The average molecular weight is 350 g/mol. The Hall–Kier alpha value is -2.69. The monoisotopic (exact) mass is 350 g/mol. The molecule has 0 fully saturated rings. The highest BCUT2D eigenvalue weighted by Crippen LogP contribution is 2.11. The van der Waals surface area contributed by atoms with Crippen LogP contribution in [0, 0.1) is 0 Å². The maximum absolute atomic E-state index is 12.0. The van der Waals surface area contributed by atoms with E-state index in [-0.39, 0.29) is 13.0 Å². The normalized spacial score (nSPS) is 19.4. The first kappa shape index (κ1) is 18.6. The lowest BCUT2D eigenvalue weighted by Gasteiger charge is -2.20. The molecule has 25 heavy (non-hydrogen) atoms. The van der Waals surface area contributed by atoms with Crippen molar-refractivity contribution in [1.29, 1.82) is 0 Å². The Balaban J connectivity index is 1.89. The molecule has 1 aliphatic heterocycles. The molecule has 136 valence electrons. The smallest absolute Gasteiger partial charge is 0.272 e. The maximum atomic E-state index is 12.0. The second kappa shape index (κ2) is 8.42. The van der Waals surface area contributed by atoms with Gasteiger partial charge in [-0.2, -0.15) is 5.10 Å². The fourth-order valence-electron chi connectivity index (χ4n) is 2.12. The molecule has 2 heterocycles. The van der Waals surface area contributed by atoms with Crippen molar-refractivity contribution in [2.75, 3.05) is 12.3 Å². The molecule has 0 saturated carbocycles. The van der Waals surface area contributed by atoms with Gasteiger partial charge in [-0.15, -0.1) is 0 Å². The highest BCUT2D eigenvalue weighted by atomic mass is 16.3. The number of carbonyl (C=O) groups is 1. The van der Waals surface area contributed by atoms with Crippen molar-refractivity contribution < 1.29 is 20.1 Å². The average Bonchev–Trinajstić information content (AvgIpc) is 3.09. The molecule has 1 aliphatic rings. The van der Waals surface area contributed by atoms with Gasteiger partial charge in [0.05, 0.1) is 23.1 Å². The van der Waals surface area contributed by atoms with Crippen LogP contribution in [0.5, 0.6) is 0 Å². The van der Waals surface area contributed by atoms with Crippen LogP contribution in [0.3, 0.4) is 0 Å². The highest BCUT2D eigenvalue weighted by Gasteiger charge is 2.27. The van der Waals surface area contributed by atoms with E-state index >= 15 is 0 Å². The van der Waals surface area contributed by atoms with Crippen molar-refractivity contribution in [2.24, 2.45) is 5.10 Å². The van der Waals surface area contributed by atoms with Crippen LogP contribution in [-0.2, 0) is 0 Å². The molecule has 0 radical (unpaired) electrons. The molecule has 0 aliphatic carbocycles. The van der Waals surface area contributed by atoms with E-state index in [0.717, 1.165) is 0 Å². The topological polar surface area (TPSA) is 165 Å². The number of hydrazone groups is 1. The lowest BCUT2D eigenvalue weighted by atomic mass is 10.1. The number of nitrogens with zero attached hydrogens (tertiary/aromatic N) is 2. The van der Waals surface area contributed by atoms with Gasteiger partial charge in [-0.3, -0.25) is 4.79 Å². The van der Waals surface area contributed by atoms with Crippen LogP contribution in [0.2, 0.25) is 0 Å². The van der Waals surface area contributed by atoms with Crippen LogP contribution in [0.15, 0.2) is 35.3 Å². The Kier molecular flexibility index (Phi) is 6.28. The van der Waals surface area contributed by atoms with Crippen LogP contribution in [-0.4, -0.2) is 56.9 Å². The maximum Gasteiger partial charge on any atom is 0.272 e. The summed E-state index contributed by atoms with van der Waals surface area (Å²) >= 11 is 0. The SMILES string of the molecule is C/C(=N\NC(=O)c1ccc(N)nc1)C1NC=C(C(O)C(O)CCO)N1. The summed E-state index contributed by atoms with van der Waals surface area (Å²) in [6, 6.07) is 3.05. The number of rotatable bonds is 7. The van der Waals surface area contributed by atoms with Gasteiger partial charge in [0.1, 0.15) is 18.1 Å². The van der Waals surface area contributed by atoms with E-state index in [2.05, 4.69) is 26.1 Å². The number of nitrogen functional groups attached to an aromatic ring is 1. The second-order valence-corrected chi connectivity index (χ2v) is 5.53. The van der Waals surface area contributed by atoms with Crippen LogP contribution in [0.1, 0.15) is 23.7 Å². The van der Waals surface area contributed by atoms with Crippen molar-refractivity contribution >= 4 is 17.4 Å². The number of aliphatic hydroxyl groups is 3. The minimum absolute atomic E-state index is 0.0591. The van der Waals surface area contributed by atoms with Gasteiger partial charge in [-0.05, 0) is 25.5 Å². The van der Waals surface area contributed by atoms with Gasteiger partial charge < -0.3 is 31.7 Å². The summed E-state index contributed by atoms with van der Waals surface area (Å²) in [6.45, 7) is 1.45. The number of aromatic nitrogens is 1. The van der Waals surface area contributed by atoms with Gasteiger partial charge in [0, 0.05) is 19.0 Å². The second-order valence-electron chi connectivity index (χ2n) is 5.53. The van der Waals surface area contributed by atoms with E-state index in [4.69, 9.17) is 10.8 Å². The number of nitrogens with two attached hydrogens (primary N) is 1. The van der Waals surface area contributed by atoms with E-state index in [1.807, 2.05) is 0 Å². The standard InChI is InChI=1S/C15H22N6O4/c1-8(20-21-15(25)9-2-3-12(16)17-6-9)14-18-7-10(19-14)13(24)11(23)4-5-22/h2-3,6-7,11,13-14,18-19,22-24H,4-5H2,1H3,(H2,16,17)(H,21,25)/b20-8+. The first-order chi connectivity index (χ1) is 11.9. The summed E-state index contributed by atoms with van der Waals surface area (Å²) in [5, 5.41) is 38.4. The van der Waals surface area contributed by atoms with E-state index in [9.17, 15) is 15.0 Å². The summed E-state index contributed by atoms with van der Waals surface area (Å²) in [5.74, 6) is -0.118. The van der Waals surface area contributed by atoms with E-state index in [1.54, 1.807) is 6.92 Å². The predicted molar refractivity (Wildman–Crippen MR) is 91.1 cm³/mol. The van der Waals surface area contributed by atoms with Crippen LogP contribution < -0.4 is 21.8 Å². The largest absolute Gasteiger partial charge is 0.396 e. The van der Waals surface area contributed by atoms with Gasteiger partial charge in [0.15, 0.2) is 0 Å². The zero-order valence-electron chi connectivity index (χ0n) is 13.7. The summed E-state index contributed by atoms with van der Waals surface area (Å²) in [4.78, 5) is 15.8. The molecule has 0 aromatic carbocycles. The van der Waals surface area contributed by atoms with Crippen molar-refractivity contribution in [3.05, 3.63) is 35.8 Å². The van der Waals surface area contributed by atoms with E-state index < -0.39 is 24.3 Å². The van der Waals surface area contributed by atoms with Crippen molar-refractivity contribution in [2.45, 2.75) is 31.7 Å². The van der Waals surface area contributed by atoms with Gasteiger partial charge in [-0.1, -0.05) is 0 Å². The van der Waals surface area contributed by atoms with Crippen LogP contribution in [0.4, 0.5) is 5.82 Å². The molecule has 1 amide bonds. The number of carbonyl (C=O) groups excluding carboxylic acids is 1. The minimum Gasteiger partial charge on any atom is -0.396 e. The van der Waals surface area contributed by atoms with Crippen LogP contribution >= 0.6 is 0 Å². The fraction of sp³-hybridized carbons (Fsp3) is 0.400. The van der Waals surface area contributed by atoms with Gasteiger partial charge in [0.25, 0.3) is 5.91 Å². The zero-order chi connectivity index (χ0) is 18.4. The van der Waals surface area contributed by atoms with Gasteiger partial charge in [0.2, 0.25) is 0 Å². The summed E-state index contributed by atoms with van der Waals surface area (Å²) in [7, 11) is 0. The number of hydrogen-bond donors (Lipinski definition) is 7. The summed E-state index contributed by atoms with van der Waals surface area (Å²) in [6.07, 6.45) is 0.229. The van der Waals surface area contributed by atoms with Crippen molar-refractivity contribution in [3.63, 3.8) is 0 Å². The van der Waals surface area contributed by atoms with Crippen molar-refractivity contribution in [3.8, 4) is 0 Å². The lowest BCUT2D eigenvalue weighted by molar-refractivity contribution is 0.0228. The zero-order valence-corrected chi connectivity index (χ0v) is 13.7. The molecule has 3 unspecified atom stereocenters. The molecule has 0 spiro atoms. The van der Waals surface area contributed by atoms with Crippen LogP contribution in [0.25, 0.3) is 0 Å². The Morgan fingerprint density at radius 2 is 2.24 bits per heavy atom. The first-order valence-electron chi connectivity index (χ1n) is 7.68. The van der Waals surface area contributed by atoms with E-state index in [0.29, 0.717) is 22.8 Å². The third-order valence-electron chi connectivity index (χ3n) is 3.62. The lowest BCUT2D eigenvalue weighted by Crippen LogP contribution is -2.43. The van der Waals surface area contributed by atoms with Gasteiger partial charge in [-0.25, -0.2) is 10.4 Å². The number of nitrogens with one attached hydrogen (secondary N) is 3. The summed E-state index contributed by atoms with van der Waals surface area (Å²) in [5.41, 5.74) is 9.06. The number of pyridine rings is 1. The third kappa shape index (κ3) is 4.89. The number of anilines is 1. The highest BCUT2D eigenvalue weighted by molar-refractivity contribution is 5.95. The number of aliphatic hydroxyl groups excluding tert-OH is 3. The molecule has 1 aromatic rings. The van der Waals surface area contributed by atoms with Crippen molar-refractivity contribution in [1.82, 2.24) is 21.0 Å². The fourth-order valence-corrected chi connectivity index (χ4v) is 2.12. The Morgan fingerprint density at radius 3 is 2.88 bits per heavy atom. The molecule has 1 aromatic heterocycles. The molecule has 8 N–H and O–H groups in total. The molecule has 0 bridgehead atoms. The Morgan fingerprint density at radius 1 is 1.48 bits per heavy atom. The first-order valence-corrected chi connectivity index (χ1v) is 7.68. The Labute approximate surface area is 144 Å². The third-order valence-corrected chi connectivity index (χ3v) is 3.62. The molecule has 2 rings (SSSR count). The molecular formula is C15H22N6O4. The molecular weight excluding hydrogens is 328 g/mol. The quantitative estimate of drug-likeness (QED) is 0.224. The van der Waals surface area contributed by atoms with Gasteiger partial charge >= 0.3 is 0 Å². The van der Waals surface area contributed by atoms with E-state index in [1.165, 1.54) is 24.5 Å². The predicted octanol–water partition coefficient (Wildman–Crippen LogP) is -1.77. The number of hydrogen-bond acceptors (Lipinski definition) is 9. The molecule has 3 atom stereocenters. The molecule has 10 nitrogen and oxygen atoms in total. The Bertz CT molecular complexity index is 660. The summed E-state index contributed by atoms with van der Waals surface area (Å²) < 4.78 is 0. The minimum atomic E-state index is -1.16.